The van der Waals surface area contributed by atoms with Gasteiger partial charge in [0, 0.05) is 6.42 Å². The van der Waals surface area contributed by atoms with Crippen molar-refractivity contribution in [1.82, 2.24) is 10.6 Å². The van der Waals surface area contributed by atoms with Gasteiger partial charge in [-0.15, -0.1) is 0 Å². The molecule has 0 aliphatic heterocycles. The van der Waals surface area contributed by atoms with Gasteiger partial charge in [0.15, 0.2) is 0 Å². The van der Waals surface area contributed by atoms with Crippen molar-refractivity contribution < 1.29 is 29.0 Å². The second-order valence-corrected chi connectivity index (χ2v) is 11.0. The van der Waals surface area contributed by atoms with Gasteiger partial charge in [-0.05, 0) is 30.7 Å². The second-order valence-electron chi connectivity index (χ2n) is 11.0. The fourth-order valence-corrected chi connectivity index (χ4v) is 4.38. The zero-order valence-corrected chi connectivity index (χ0v) is 25.0. The first kappa shape index (κ1) is 35.1. The number of unbranched alkanes of at least 4 members (excludes halogenated alkanes) is 5. The van der Waals surface area contributed by atoms with E-state index in [4.69, 9.17) is 10.5 Å². The number of carbonyl (C=O) groups is 4. The fraction of sp³-hybridized carbons (Fsp3) is 0.677. The number of amides is 2. The molecule has 2 amide bonds. The number of hydrogen-bond donors (Lipinski definition) is 4. The number of carbonyl (C=O) groups excluding carboxylic acids is 3. The molecule has 9 nitrogen and oxygen atoms in total. The summed E-state index contributed by atoms with van der Waals surface area (Å²) in [5, 5.41) is 14.4. The maximum atomic E-state index is 13.2. The number of esters is 1. The van der Waals surface area contributed by atoms with E-state index in [1.807, 2.05) is 51.1 Å². The monoisotopic (exact) mass is 561 g/mol. The molecule has 1 aromatic carbocycles. The van der Waals surface area contributed by atoms with Crippen LogP contribution < -0.4 is 16.4 Å². The van der Waals surface area contributed by atoms with Crippen molar-refractivity contribution in [3.8, 4) is 0 Å². The van der Waals surface area contributed by atoms with E-state index in [9.17, 15) is 24.3 Å². The van der Waals surface area contributed by atoms with Gasteiger partial charge < -0.3 is 26.2 Å². The molecule has 0 aliphatic carbocycles. The Morgan fingerprint density at radius 1 is 0.900 bits per heavy atom. The Kier molecular flexibility index (Phi) is 16.8. The van der Waals surface area contributed by atoms with Crippen LogP contribution in [0, 0.1) is 11.8 Å². The molecule has 9 heteroatoms. The minimum Gasteiger partial charge on any atom is -0.480 e. The zero-order chi connectivity index (χ0) is 30.1. The van der Waals surface area contributed by atoms with Gasteiger partial charge in [-0.25, -0.2) is 0 Å². The molecule has 0 radical (unpaired) electrons. The van der Waals surface area contributed by atoms with Crippen LogP contribution in [0.3, 0.4) is 0 Å². The quantitative estimate of drug-likeness (QED) is 0.136. The molecule has 0 aromatic heterocycles. The molecule has 5 N–H and O–H groups in total. The molecule has 0 saturated carbocycles. The van der Waals surface area contributed by atoms with Crippen LogP contribution in [0.5, 0.6) is 0 Å². The summed E-state index contributed by atoms with van der Waals surface area (Å²) in [6.07, 6.45) is 7.65. The Labute approximate surface area is 240 Å². The lowest BCUT2D eigenvalue weighted by Crippen LogP contribution is -2.52. The first-order valence-electron chi connectivity index (χ1n) is 14.8. The first-order chi connectivity index (χ1) is 19.0. The lowest BCUT2D eigenvalue weighted by molar-refractivity contribution is -0.156. The maximum Gasteiger partial charge on any atom is 0.325 e. The number of ether oxygens (including phenoxy) is 1. The van der Waals surface area contributed by atoms with E-state index in [-0.39, 0.29) is 24.7 Å². The van der Waals surface area contributed by atoms with Crippen LogP contribution in [0.15, 0.2) is 30.3 Å². The van der Waals surface area contributed by atoms with Crippen LogP contribution in [0.1, 0.15) is 98.0 Å². The summed E-state index contributed by atoms with van der Waals surface area (Å²) in [5.74, 6) is -2.91. The molecule has 6 atom stereocenters. The normalized spacial score (nSPS) is 15.7. The molecule has 0 aliphatic rings. The van der Waals surface area contributed by atoms with Gasteiger partial charge in [0.1, 0.15) is 24.2 Å². The van der Waals surface area contributed by atoms with E-state index in [0.717, 1.165) is 37.7 Å². The predicted molar refractivity (Wildman–Crippen MR) is 156 cm³/mol. The second kappa shape index (κ2) is 19.2. The molecule has 226 valence electrons. The Morgan fingerprint density at radius 3 is 2.12 bits per heavy atom. The van der Waals surface area contributed by atoms with Crippen LogP contribution in [-0.2, 0) is 30.3 Å². The topological polar surface area (TPSA) is 148 Å². The summed E-state index contributed by atoms with van der Waals surface area (Å²) < 4.78 is 5.82. The van der Waals surface area contributed by atoms with Gasteiger partial charge in [0.2, 0.25) is 11.8 Å². The minimum atomic E-state index is -1.17. The Morgan fingerprint density at radius 2 is 1.52 bits per heavy atom. The molecule has 1 rings (SSSR count). The number of aliphatic carboxylic acids is 1. The zero-order valence-electron chi connectivity index (χ0n) is 25.0. The van der Waals surface area contributed by atoms with Gasteiger partial charge in [-0.3, -0.25) is 19.2 Å². The van der Waals surface area contributed by atoms with E-state index in [0.29, 0.717) is 0 Å². The third-order valence-corrected chi connectivity index (χ3v) is 7.49. The highest BCUT2D eigenvalue weighted by Crippen LogP contribution is 2.21. The van der Waals surface area contributed by atoms with Gasteiger partial charge in [-0.2, -0.15) is 0 Å². The van der Waals surface area contributed by atoms with Gasteiger partial charge >= 0.3 is 11.9 Å². The third-order valence-electron chi connectivity index (χ3n) is 7.49. The van der Waals surface area contributed by atoms with E-state index >= 15 is 0 Å². The van der Waals surface area contributed by atoms with Gasteiger partial charge in [0.25, 0.3) is 0 Å². The molecule has 0 bridgehead atoms. The summed E-state index contributed by atoms with van der Waals surface area (Å²) in [7, 11) is 0. The highest BCUT2D eigenvalue weighted by molar-refractivity contribution is 5.90. The summed E-state index contributed by atoms with van der Waals surface area (Å²) in [5.41, 5.74) is 6.93. The van der Waals surface area contributed by atoms with E-state index in [1.165, 1.54) is 26.2 Å². The van der Waals surface area contributed by atoms with Gasteiger partial charge in [0.05, 0.1) is 6.42 Å². The van der Waals surface area contributed by atoms with Crippen molar-refractivity contribution in [3.05, 3.63) is 35.9 Å². The SMILES string of the molecule is CCCCCCCC[C@H](C)[C@H](CC(=O)N[C@H](Cc1ccccc1)C(=O)N[C@H](C)C(=O)O)OC(=O)[C@H](N)[C@@H](C)CC. The molecule has 0 heterocycles. The summed E-state index contributed by atoms with van der Waals surface area (Å²) in [6, 6.07) is 6.26. The molecule has 0 unspecified atom stereocenters. The lowest BCUT2D eigenvalue weighted by Gasteiger charge is -2.27. The maximum absolute atomic E-state index is 13.2. The Bertz CT molecular complexity index is 910. The van der Waals surface area contributed by atoms with Crippen molar-refractivity contribution in [2.24, 2.45) is 17.6 Å². The van der Waals surface area contributed by atoms with Gasteiger partial charge in [-0.1, -0.05) is 103 Å². The van der Waals surface area contributed by atoms with E-state index < -0.39 is 48.0 Å². The van der Waals surface area contributed by atoms with Crippen molar-refractivity contribution in [3.63, 3.8) is 0 Å². The number of nitrogens with two attached hydrogens (primary N) is 1. The number of carboxylic acids is 1. The smallest absolute Gasteiger partial charge is 0.325 e. The molecular formula is C31H51N3O6. The van der Waals surface area contributed by atoms with Crippen LogP contribution in [-0.4, -0.2) is 53.1 Å². The third kappa shape index (κ3) is 13.4. The number of rotatable bonds is 20. The highest BCUT2D eigenvalue weighted by atomic mass is 16.5. The fourth-order valence-electron chi connectivity index (χ4n) is 4.38. The van der Waals surface area contributed by atoms with Crippen molar-refractivity contribution in [2.45, 2.75) is 123 Å². The molecule has 0 saturated heterocycles. The van der Waals surface area contributed by atoms with Crippen molar-refractivity contribution in [2.75, 3.05) is 0 Å². The first-order valence-corrected chi connectivity index (χ1v) is 14.8. The average Bonchev–Trinajstić information content (AvgIpc) is 2.93. The largest absolute Gasteiger partial charge is 0.480 e. The lowest BCUT2D eigenvalue weighted by atomic mass is 9.93. The Hall–Kier alpha value is -2.94. The minimum absolute atomic E-state index is 0.0639. The number of benzene rings is 1. The summed E-state index contributed by atoms with van der Waals surface area (Å²) >= 11 is 0. The van der Waals surface area contributed by atoms with Crippen molar-refractivity contribution in [1.29, 1.82) is 0 Å². The summed E-state index contributed by atoms with van der Waals surface area (Å²) in [6.45, 7) is 9.35. The Balaban J connectivity index is 2.99. The predicted octanol–water partition coefficient (Wildman–Crippen LogP) is 4.37. The van der Waals surface area contributed by atoms with Crippen LogP contribution in [0.2, 0.25) is 0 Å². The highest BCUT2D eigenvalue weighted by Gasteiger charge is 2.31. The molecular weight excluding hydrogens is 510 g/mol. The van der Waals surface area contributed by atoms with E-state index in [2.05, 4.69) is 17.6 Å². The molecule has 40 heavy (non-hydrogen) atoms. The number of carboxylic acid groups (broad SMARTS) is 1. The standard InChI is InChI=1S/C31H51N3O6/c1-6-8-9-10-11-13-16-22(4)26(40-31(39)28(32)21(3)7-2)20-27(35)34-25(19-24-17-14-12-15-18-24)29(36)33-23(5)30(37)38/h12,14-15,17-18,21-23,25-26,28H,6-11,13,16,19-20,32H2,1-5H3,(H,33,36)(H,34,35)(H,37,38)/t21-,22-,23+,25+,26-,28+/m0/s1. The average molecular weight is 562 g/mol. The molecule has 1 aromatic rings. The van der Waals surface area contributed by atoms with Crippen LogP contribution in [0.4, 0.5) is 0 Å². The van der Waals surface area contributed by atoms with Crippen LogP contribution >= 0.6 is 0 Å². The summed E-state index contributed by atoms with van der Waals surface area (Å²) in [4.78, 5) is 50.3. The molecule has 0 fully saturated rings. The van der Waals surface area contributed by atoms with Crippen molar-refractivity contribution >= 4 is 23.8 Å². The number of hydrogen-bond acceptors (Lipinski definition) is 6. The number of nitrogens with one attached hydrogen (secondary N) is 2. The van der Waals surface area contributed by atoms with E-state index in [1.54, 1.807) is 0 Å². The van der Waals surface area contributed by atoms with Crippen LogP contribution in [0.25, 0.3) is 0 Å². The molecule has 0 spiro atoms.